The number of halogens is 1. The van der Waals surface area contributed by atoms with Crippen LogP contribution in [0.5, 0.6) is 0 Å². The number of likely N-dealkylation sites (N-methyl/N-ethyl adjacent to an activating group) is 1. The minimum atomic E-state index is -0.376. The van der Waals surface area contributed by atoms with Gasteiger partial charge >= 0.3 is 0 Å². The van der Waals surface area contributed by atoms with Gasteiger partial charge in [0.2, 0.25) is 0 Å². The number of nitro groups is 1. The highest BCUT2D eigenvalue weighted by Crippen LogP contribution is 2.27. The van der Waals surface area contributed by atoms with E-state index in [-0.39, 0.29) is 10.6 Å². The summed E-state index contributed by atoms with van der Waals surface area (Å²) in [6.07, 6.45) is 0. The molecule has 5 nitrogen and oxygen atoms in total. The standard InChI is InChI=1S/C12H18BrN3O2/c1-9(2)15(3)7-6-14-11-5-4-10(13)8-12(11)16(17)18/h4-5,8-9,14H,6-7H2,1-3H3. The molecule has 0 fully saturated rings. The van der Waals surface area contributed by atoms with Crippen LogP contribution in [0.15, 0.2) is 22.7 Å². The second kappa shape index (κ2) is 6.70. The summed E-state index contributed by atoms with van der Waals surface area (Å²) in [4.78, 5) is 12.7. The van der Waals surface area contributed by atoms with Gasteiger partial charge in [0.05, 0.1) is 4.92 Å². The van der Waals surface area contributed by atoms with Crippen LogP contribution in [0.25, 0.3) is 0 Å². The summed E-state index contributed by atoms with van der Waals surface area (Å²) < 4.78 is 0.707. The Kier molecular flexibility index (Phi) is 5.55. The molecule has 0 amide bonds. The van der Waals surface area contributed by atoms with Crippen molar-refractivity contribution in [1.82, 2.24) is 4.90 Å². The van der Waals surface area contributed by atoms with E-state index < -0.39 is 0 Å². The summed E-state index contributed by atoms with van der Waals surface area (Å²) in [6.45, 7) is 5.74. The summed E-state index contributed by atoms with van der Waals surface area (Å²) in [5.41, 5.74) is 0.650. The van der Waals surface area contributed by atoms with Gasteiger partial charge in [-0.25, -0.2) is 0 Å². The molecule has 1 N–H and O–H groups in total. The van der Waals surface area contributed by atoms with Crippen LogP contribution in [0.3, 0.4) is 0 Å². The lowest BCUT2D eigenvalue weighted by Crippen LogP contribution is -2.31. The molecule has 1 aromatic rings. The average molecular weight is 316 g/mol. The Morgan fingerprint density at radius 2 is 2.17 bits per heavy atom. The van der Waals surface area contributed by atoms with E-state index in [4.69, 9.17) is 0 Å². The Hall–Kier alpha value is -1.14. The van der Waals surface area contributed by atoms with Gasteiger partial charge in [-0.15, -0.1) is 0 Å². The molecule has 0 aliphatic carbocycles. The van der Waals surface area contributed by atoms with Crippen molar-refractivity contribution in [3.63, 3.8) is 0 Å². The largest absolute Gasteiger partial charge is 0.378 e. The van der Waals surface area contributed by atoms with E-state index in [1.54, 1.807) is 12.1 Å². The van der Waals surface area contributed by atoms with Gasteiger partial charge < -0.3 is 10.2 Å². The van der Waals surface area contributed by atoms with E-state index in [1.807, 2.05) is 7.05 Å². The monoisotopic (exact) mass is 315 g/mol. The van der Waals surface area contributed by atoms with Crippen LogP contribution in [-0.4, -0.2) is 36.0 Å². The Morgan fingerprint density at radius 1 is 1.50 bits per heavy atom. The number of anilines is 1. The lowest BCUT2D eigenvalue weighted by Gasteiger charge is -2.21. The molecule has 0 aliphatic heterocycles. The summed E-state index contributed by atoms with van der Waals surface area (Å²) in [5, 5.41) is 14.0. The second-order valence-corrected chi connectivity index (χ2v) is 5.34. The molecule has 0 aromatic heterocycles. The van der Waals surface area contributed by atoms with Gasteiger partial charge in [0.25, 0.3) is 5.69 Å². The molecule has 0 saturated heterocycles. The van der Waals surface area contributed by atoms with Crippen molar-refractivity contribution < 1.29 is 4.92 Å². The first-order valence-corrected chi connectivity index (χ1v) is 6.59. The first-order valence-electron chi connectivity index (χ1n) is 5.80. The average Bonchev–Trinajstić information content (AvgIpc) is 2.30. The molecule has 0 spiro atoms. The molecule has 100 valence electrons. The van der Waals surface area contributed by atoms with Crippen molar-refractivity contribution in [1.29, 1.82) is 0 Å². The van der Waals surface area contributed by atoms with Gasteiger partial charge in [0.1, 0.15) is 5.69 Å². The van der Waals surface area contributed by atoms with E-state index >= 15 is 0 Å². The molecule has 0 bridgehead atoms. The van der Waals surface area contributed by atoms with Crippen LogP contribution in [0.4, 0.5) is 11.4 Å². The van der Waals surface area contributed by atoms with Gasteiger partial charge in [-0.05, 0) is 33.0 Å². The molecule has 6 heteroatoms. The Labute approximate surface area is 115 Å². The van der Waals surface area contributed by atoms with Crippen molar-refractivity contribution >= 4 is 27.3 Å². The van der Waals surface area contributed by atoms with Crippen LogP contribution in [-0.2, 0) is 0 Å². The molecular weight excluding hydrogens is 298 g/mol. The van der Waals surface area contributed by atoms with Crippen molar-refractivity contribution in [2.75, 3.05) is 25.5 Å². The molecule has 0 aliphatic rings. The fraction of sp³-hybridized carbons (Fsp3) is 0.500. The van der Waals surface area contributed by atoms with E-state index in [9.17, 15) is 10.1 Å². The third kappa shape index (κ3) is 4.27. The first-order chi connectivity index (χ1) is 8.41. The fourth-order valence-corrected chi connectivity index (χ4v) is 1.78. The molecule has 0 heterocycles. The lowest BCUT2D eigenvalue weighted by atomic mass is 10.2. The number of hydrogen-bond acceptors (Lipinski definition) is 4. The van der Waals surface area contributed by atoms with E-state index in [0.717, 1.165) is 6.54 Å². The Bertz CT molecular complexity index is 424. The van der Waals surface area contributed by atoms with Gasteiger partial charge in [-0.2, -0.15) is 0 Å². The quantitative estimate of drug-likeness (QED) is 0.647. The third-order valence-corrected chi connectivity index (χ3v) is 3.31. The van der Waals surface area contributed by atoms with Gasteiger partial charge in [0.15, 0.2) is 0 Å². The smallest absolute Gasteiger partial charge is 0.293 e. The molecule has 18 heavy (non-hydrogen) atoms. The normalized spacial score (nSPS) is 11.0. The minimum Gasteiger partial charge on any atom is -0.378 e. The maximum atomic E-state index is 10.9. The molecule has 1 rings (SSSR count). The van der Waals surface area contributed by atoms with Crippen molar-refractivity contribution in [2.24, 2.45) is 0 Å². The number of benzene rings is 1. The predicted octanol–water partition coefficient (Wildman–Crippen LogP) is 3.11. The van der Waals surface area contributed by atoms with Crippen molar-refractivity contribution in [2.45, 2.75) is 19.9 Å². The summed E-state index contributed by atoms with van der Waals surface area (Å²) >= 11 is 3.23. The number of nitrogens with one attached hydrogen (secondary N) is 1. The fourth-order valence-electron chi connectivity index (χ4n) is 1.43. The molecule has 1 aromatic carbocycles. The van der Waals surface area contributed by atoms with Gasteiger partial charge in [-0.3, -0.25) is 10.1 Å². The van der Waals surface area contributed by atoms with E-state index in [0.29, 0.717) is 22.7 Å². The van der Waals surface area contributed by atoms with Crippen LogP contribution in [0.2, 0.25) is 0 Å². The predicted molar refractivity (Wildman–Crippen MR) is 77.1 cm³/mol. The van der Waals surface area contributed by atoms with E-state index in [2.05, 4.69) is 40.0 Å². The van der Waals surface area contributed by atoms with Crippen molar-refractivity contribution in [3.8, 4) is 0 Å². The highest BCUT2D eigenvalue weighted by Gasteiger charge is 2.13. The lowest BCUT2D eigenvalue weighted by molar-refractivity contribution is -0.384. The molecule has 0 radical (unpaired) electrons. The maximum absolute atomic E-state index is 10.9. The Balaban J connectivity index is 2.65. The first kappa shape index (κ1) is 14.9. The zero-order chi connectivity index (χ0) is 13.7. The second-order valence-electron chi connectivity index (χ2n) is 4.42. The number of nitro benzene ring substituents is 1. The van der Waals surface area contributed by atoms with Crippen molar-refractivity contribution in [3.05, 3.63) is 32.8 Å². The van der Waals surface area contributed by atoms with Crippen LogP contribution in [0.1, 0.15) is 13.8 Å². The highest BCUT2D eigenvalue weighted by atomic mass is 79.9. The van der Waals surface area contributed by atoms with E-state index in [1.165, 1.54) is 6.07 Å². The van der Waals surface area contributed by atoms with Crippen LogP contribution in [0, 0.1) is 10.1 Å². The molecule has 0 atom stereocenters. The minimum absolute atomic E-state index is 0.0941. The number of rotatable bonds is 6. The number of nitrogens with zero attached hydrogens (tertiary/aromatic N) is 2. The zero-order valence-corrected chi connectivity index (χ0v) is 12.4. The summed E-state index contributed by atoms with van der Waals surface area (Å²) in [5.74, 6) is 0. The zero-order valence-electron chi connectivity index (χ0n) is 10.8. The SMILES string of the molecule is CC(C)N(C)CCNc1ccc(Br)cc1[N+](=O)[O-]. The summed E-state index contributed by atoms with van der Waals surface area (Å²) in [7, 11) is 2.03. The van der Waals surface area contributed by atoms with Crippen LogP contribution >= 0.6 is 15.9 Å². The molecule has 0 saturated carbocycles. The molecule has 0 unspecified atom stereocenters. The Morgan fingerprint density at radius 3 is 2.72 bits per heavy atom. The van der Waals surface area contributed by atoms with Crippen LogP contribution < -0.4 is 5.32 Å². The molecular formula is C12H18BrN3O2. The van der Waals surface area contributed by atoms with Gasteiger partial charge in [0, 0.05) is 29.7 Å². The highest BCUT2D eigenvalue weighted by molar-refractivity contribution is 9.10. The number of hydrogen-bond donors (Lipinski definition) is 1. The third-order valence-electron chi connectivity index (χ3n) is 2.82. The van der Waals surface area contributed by atoms with Gasteiger partial charge in [-0.1, -0.05) is 15.9 Å². The maximum Gasteiger partial charge on any atom is 0.293 e. The topological polar surface area (TPSA) is 58.4 Å². The summed E-state index contributed by atoms with van der Waals surface area (Å²) in [6, 6.07) is 5.49.